The number of hydrogen-bond donors (Lipinski definition) is 2. The fourth-order valence-electron chi connectivity index (χ4n) is 1.73. The first-order valence-electron chi connectivity index (χ1n) is 6.66. The molecule has 126 valence electrons. The maximum Gasteiger partial charge on any atom is 0.417 e. The molecule has 1 aromatic carbocycles. The molecule has 2 N–H and O–H groups in total. The van der Waals surface area contributed by atoms with Gasteiger partial charge in [-0.25, -0.2) is 9.97 Å². The number of alkyl halides is 3. The summed E-state index contributed by atoms with van der Waals surface area (Å²) in [6.45, 7) is 4.01. The Morgan fingerprint density at radius 2 is 2.04 bits per heavy atom. The third kappa shape index (κ3) is 4.45. The molecule has 0 aliphatic rings. The molecule has 2 rings (SSSR count). The lowest BCUT2D eigenvalue weighted by Crippen LogP contribution is -2.15. The van der Waals surface area contributed by atoms with Gasteiger partial charge in [-0.1, -0.05) is 17.7 Å². The monoisotopic (exact) mass is 356 g/mol. The quantitative estimate of drug-likeness (QED) is 0.795. The fraction of sp³-hybridized carbons (Fsp3) is 0.133. The molecule has 0 saturated heterocycles. The number of carbonyl (C=O) groups is 1. The van der Waals surface area contributed by atoms with Crippen molar-refractivity contribution in [3.05, 3.63) is 59.5 Å². The first kappa shape index (κ1) is 17.7. The Kier molecular flexibility index (Phi) is 5.40. The van der Waals surface area contributed by atoms with Crippen LogP contribution in [0.1, 0.15) is 16.1 Å². The van der Waals surface area contributed by atoms with E-state index in [9.17, 15) is 18.0 Å². The number of nitrogens with one attached hydrogen (secondary N) is 2. The first-order valence-corrected chi connectivity index (χ1v) is 7.04. The molecule has 24 heavy (non-hydrogen) atoms. The van der Waals surface area contributed by atoms with Crippen LogP contribution in [0.4, 0.5) is 24.7 Å². The molecule has 5 nitrogen and oxygen atoms in total. The molecule has 0 unspecified atom stereocenters. The van der Waals surface area contributed by atoms with E-state index >= 15 is 0 Å². The van der Waals surface area contributed by atoms with Crippen molar-refractivity contribution in [2.45, 2.75) is 6.18 Å². The Labute approximate surface area is 140 Å². The summed E-state index contributed by atoms with van der Waals surface area (Å²) in [5.74, 6) is -0.245. The average molecular weight is 357 g/mol. The van der Waals surface area contributed by atoms with Crippen LogP contribution in [-0.2, 0) is 6.18 Å². The van der Waals surface area contributed by atoms with E-state index in [2.05, 4.69) is 27.2 Å². The Morgan fingerprint density at radius 3 is 2.62 bits per heavy atom. The SMILES string of the molecule is C=CCNc1cnc(C(=O)Nc2ccc(Cl)c(C(F)(F)F)c2)cn1. The molecule has 0 spiro atoms. The lowest BCUT2D eigenvalue weighted by atomic mass is 10.2. The van der Waals surface area contributed by atoms with Crippen molar-refractivity contribution in [3.63, 3.8) is 0 Å². The molecule has 1 amide bonds. The van der Waals surface area contributed by atoms with Crippen LogP contribution in [0, 0.1) is 0 Å². The topological polar surface area (TPSA) is 66.9 Å². The summed E-state index contributed by atoms with van der Waals surface area (Å²) >= 11 is 5.52. The number of amides is 1. The van der Waals surface area contributed by atoms with Crippen LogP contribution in [0.25, 0.3) is 0 Å². The summed E-state index contributed by atoms with van der Waals surface area (Å²) in [7, 11) is 0. The van der Waals surface area contributed by atoms with Crippen molar-refractivity contribution in [2.24, 2.45) is 0 Å². The molecule has 0 aliphatic heterocycles. The highest BCUT2D eigenvalue weighted by molar-refractivity contribution is 6.31. The molecule has 1 aromatic heterocycles. The zero-order valence-electron chi connectivity index (χ0n) is 12.2. The third-order valence-corrected chi connectivity index (χ3v) is 3.17. The summed E-state index contributed by atoms with van der Waals surface area (Å²) in [5.41, 5.74) is -1.12. The minimum absolute atomic E-state index is 0.0392. The normalized spacial score (nSPS) is 11.0. The summed E-state index contributed by atoms with van der Waals surface area (Å²) in [5, 5.41) is 4.75. The summed E-state index contributed by atoms with van der Waals surface area (Å²) in [6, 6.07) is 3.09. The van der Waals surface area contributed by atoms with Crippen molar-refractivity contribution in [1.29, 1.82) is 0 Å². The second-order valence-electron chi connectivity index (χ2n) is 4.60. The van der Waals surface area contributed by atoms with Crippen LogP contribution in [0.3, 0.4) is 0 Å². The van der Waals surface area contributed by atoms with Crippen LogP contribution in [-0.4, -0.2) is 22.4 Å². The van der Waals surface area contributed by atoms with Gasteiger partial charge in [0, 0.05) is 12.2 Å². The number of carbonyl (C=O) groups excluding carboxylic acids is 1. The number of aromatic nitrogens is 2. The van der Waals surface area contributed by atoms with Gasteiger partial charge in [0.15, 0.2) is 0 Å². The summed E-state index contributed by atoms with van der Waals surface area (Å²) in [4.78, 5) is 19.9. The van der Waals surface area contributed by atoms with Crippen molar-refractivity contribution < 1.29 is 18.0 Å². The number of nitrogens with zero attached hydrogens (tertiary/aromatic N) is 2. The van der Waals surface area contributed by atoms with Gasteiger partial charge in [-0.15, -0.1) is 6.58 Å². The van der Waals surface area contributed by atoms with E-state index in [1.54, 1.807) is 6.08 Å². The third-order valence-electron chi connectivity index (χ3n) is 2.84. The zero-order chi connectivity index (χ0) is 17.7. The minimum atomic E-state index is -4.61. The number of halogens is 4. The Hall–Kier alpha value is -2.61. The van der Waals surface area contributed by atoms with Gasteiger partial charge in [0.05, 0.1) is 23.0 Å². The lowest BCUT2D eigenvalue weighted by Gasteiger charge is -2.11. The van der Waals surface area contributed by atoms with E-state index in [0.717, 1.165) is 12.1 Å². The van der Waals surface area contributed by atoms with Crippen molar-refractivity contribution in [2.75, 3.05) is 17.2 Å². The van der Waals surface area contributed by atoms with Gasteiger partial charge in [-0.05, 0) is 18.2 Å². The largest absolute Gasteiger partial charge is 0.417 e. The molecule has 2 aromatic rings. The number of rotatable bonds is 5. The standard InChI is InChI=1S/C15H12ClF3N4O/c1-2-5-20-13-8-21-12(7-22-13)14(24)23-9-3-4-11(16)10(6-9)15(17,18)19/h2-4,6-8H,1,5H2,(H,20,22)(H,23,24). The maximum absolute atomic E-state index is 12.8. The Morgan fingerprint density at radius 1 is 1.29 bits per heavy atom. The first-order chi connectivity index (χ1) is 11.3. The van der Waals surface area contributed by atoms with E-state index < -0.39 is 22.7 Å². The van der Waals surface area contributed by atoms with E-state index in [0.29, 0.717) is 12.4 Å². The predicted octanol–water partition coefficient (Wildman–Crippen LogP) is 4.00. The fourth-order valence-corrected chi connectivity index (χ4v) is 1.95. The average Bonchev–Trinajstić information content (AvgIpc) is 2.54. The van der Waals surface area contributed by atoms with Gasteiger partial charge in [0.2, 0.25) is 0 Å². The predicted molar refractivity (Wildman–Crippen MR) is 85.1 cm³/mol. The van der Waals surface area contributed by atoms with Crippen molar-refractivity contribution >= 4 is 29.0 Å². The molecule has 1 heterocycles. The molecular formula is C15H12ClF3N4O. The molecule has 0 radical (unpaired) electrons. The van der Waals surface area contributed by atoms with E-state index in [1.807, 2.05) is 0 Å². The van der Waals surface area contributed by atoms with E-state index in [4.69, 9.17) is 11.6 Å². The maximum atomic E-state index is 12.8. The smallest absolute Gasteiger partial charge is 0.365 e. The van der Waals surface area contributed by atoms with Crippen molar-refractivity contribution in [1.82, 2.24) is 9.97 Å². The van der Waals surface area contributed by atoms with Gasteiger partial charge >= 0.3 is 6.18 Å². The highest BCUT2D eigenvalue weighted by Crippen LogP contribution is 2.36. The second kappa shape index (κ2) is 7.31. The number of hydrogen-bond acceptors (Lipinski definition) is 4. The van der Waals surface area contributed by atoms with Gasteiger partial charge in [-0.2, -0.15) is 13.2 Å². The lowest BCUT2D eigenvalue weighted by molar-refractivity contribution is -0.137. The zero-order valence-corrected chi connectivity index (χ0v) is 12.9. The van der Waals surface area contributed by atoms with Crippen LogP contribution in [0.5, 0.6) is 0 Å². The number of anilines is 2. The van der Waals surface area contributed by atoms with Crippen LogP contribution >= 0.6 is 11.6 Å². The van der Waals surface area contributed by atoms with Gasteiger partial charge in [0.25, 0.3) is 5.91 Å². The number of benzene rings is 1. The van der Waals surface area contributed by atoms with E-state index in [-0.39, 0.29) is 11.4 Å². The van der Waals surface area contributed by atoms with Gasteiger partial charge in [-0.3, -0.25) is 4.79 Å². The summed E-state index contributed by atoms with van der Waals surface area (Å²) in [6.07, 6.45) is -0.445. The Balaban J connectivity index is 2.13. The molecule has 0 saturated carbocycles. The molecule has 0 fully saturated rings. The summed E-state index contributed by atoms with van der Waals surface area (Å²) < 4.78 is 38.4. The second-order valence-corrected chi connectivity index (χ2v) is 5.01. The molecular weight excluding hydrogens is 345 g/mol. The molecule has 9 heteroatoms. The minimum Gasteiger partial charge on any atom is -0.365 e. The highest BCUT2D eigenvalue weighted by Gasteiger charge is 2.33. The van der Waals surface area contributed by atoms with Crippen LogP contribution in [0.2, 0.25) is 5.02 Å². The van der Waals surface area contributed by atoms with Crippen LogP contribution < -0.4 is 10.6 Å². The Bertz CT molecular complexity index is 747. The molecule has 0 bridgehead atoms. The van der Waals surface area contributed by atoms with E-state index in [1.165, 1.54) is 18.5 Å². The van der Waals surface area contributed by atoms with Crippen LogP contribution in [0.15, 0.2) is 43.2 Å². The van der Waals surface area contributed by atoms with Gasteiger partial charge < -0.3 is 10.6 Å². The van der Waals surface area contributed by atoms with Crippen molar-refractivity contribution in [3.8, 4) is 0 Å². The van der Waals surface area contributed by atoms with Gasteiger partial charge in [0.1, 0.15) is 11.5 Å². The molecule has 0 aliphatic carbocycles. The molecule has 0 atom stereocenters. The highest BCUT2D eigenvalue weighted by atomic mass is 35.5.